The van der Waals surface area contributed by atoms with E-state index in [4.69, 9.17) is 4.74 Å². The number of nitrogens with zero attached hydrogens (tertiary/aromatic N) is 2. The van der Waals surface area contributed by atoms with E-state index in [1.807, 2.05) is 12.2 Å². The van der Waals surface area contributed by atoms with Gasteiger partial charge in [0.25, 0.3) is 0 Å². The van der Waals surface area contributed by atoms with Gasteiger partial charge in [-0.25, -0.2) is 4.79 Å². The molecule has 1 aliphatic heterocycles. The molecular weight excluding hydrogens is 360 g/mol. The standard InChI is InChI=1S/C21H25N2O5/c1-21(15-9-5-4-6-10-15)18(25)22(2)20(27)23(19(21)26)13-17(24)14-8-7-11-16(12-14)28-3/h5,7-9,11-12,14-15H,4,6,10,13H2,1-3H3. The van der Waals surface area contributed by atoms with Gasteiger partial charge in [-0.2, -0.15) is 0 Å². The maximum atomic E-state index is 13.3. The number of urea groups is 1. The Morgan fingerprint density at radius 1 is 1.25 bits per heavy atom. The molecule has 7 nitrogen and oxygen atoms in total. The molecule has 0 spiro atoms. The van der Waals surface area contributed by atoms with E-state index in [9.17, 15) is 19.2 Å². The molecular formula is C21H25N2O5. The summed E-state index contributed by atoms with van der Waals surface area (Å²) in [4.78, 5) is 53.4. The van der Waals surface area contributed by atoms with E-state index in [0.717, 1.165) is 22.6 Å². The highest BCUT2D eigenvalue weighted by Gasteiger charge is 2.57. The van der Waals surface area contributed by atoms with E-state index in [2.05, 4.69) is 0 Å². The zero-order valence-corrected chi connectivity index (χ0v) is 16.4. The number of carbonyl (C=O) groups excluding carboxylic acids is 4. The molecule has 3 atom stereocenters. The minimum Gasteiger partial charge on any atom is -0.501 e. The van der Waals surface area contributed by atoms with Crippen molar-refractivity contribution in [1.82, 2.24) is 9.80 Å². The molecule has 3 aliphatic rings. The van der Waals surface area contributed by atoms with Gasteiger partial charge in [0, 0.05) is 13.5 Å². The maximum absolute atomic E-state index is 13.3. The molecule has 0 aromatic carbocycles. The zero-order chi connectivity index (χ0) is 20.5. The van der Waals surface area contributed by atoms with Crippen molar-refractivity contribution in [3.63, 3.8) is 0 Å². The van der Waals surface area contributed by atoms with Crippen LogP contribution in [-0.2, 0) is 19.1 Å². The number of methoxy groups -OCH3 is 1. The highest BCUT2D eigenvalue weighted by atomic mass is 16.5. The van der Waals surface area contributed by atoms with Gasteiger partial charge >= 0.3 is 6.03 Å². The normalized spacial score (nSPS) is 30.5. The van der Waals surface area contributed by atoms with E-state index in [1.54, 1.807) is 31.6 Å². The number of amides is 4. The van der Waals surface area contributed by atoms with Crippen LogP contribution >= 0.6 is 0 Å². The van der Waals surface area contributed by atoms with Crippen LogP contribution in [0.2, 0.25) is 0 Å². The molecule has 0 aromatic rings. The fourth-order valence-electron chi connectivity index (χ4n) is 3.98. The Morgan fingerprint density at radius 2 is 2.00 bits per heavy atom. The third-order valence-electron chi connectivity index (χ3n) is 5.80. The molecule has 0 saturated carbocycles. The number of barbiturate groups is 1. The Morgan fingerprint density at radius 3 is 2.64 bits per heavy atom. The molecule has 2 aliphatic carbocycles. The summed E-state index contributed by atoms with van der Waals surface area (Å²) in [6.45, 7) is 1.20. The summed E-state index contributed by atoms with van der Waals surface area (Å²) in [5.74, 6) is -1.78. The second-order valence-corrected chi connectivity index (χ2v) is 7.52. The minimum atomic E-state index is -1.39. The summed E-state index contributed by atoms with van der Waals surface area (Å²) in [5.41, 5.74) is -1.39. The molecule has 3 rings (SSSR count). The van der Waals surface area contributed by atoms with Crippen LogP contribution in [-0.4, -0.2) is 54.1 Å². The summed E-state index contributed by atoms with van der Waals surface area (Å²) >= 11 is 0. The van der Waals surface area contributed by atoms with Crippen LogP contribution in [0.15, 0.2) is 36.1 Å². The van der Waals surface area contributed by atoms with Crippen LogP contribution in [0.25, 0.3) is 0 Å². The molecule has 0 bridgehead atoms. The number of Topliss-reactive ketones (excluding diaryl/α,β-unsaturated/α-hetero) is 1. The van der Waals surface area contributed by atoms with Crippen molar-refractivity contribution in [1.29, 1.82) is 0 Å². The van der Waals surface area contributed by atoms with Crippen molar-refractivity contribution in [2.24, 2.45) is 17.3 Å². The van der Waals surface area contributed by atoms with Gasteiger partial charge in [0.2, 0.25) is 11.8 Å². The molecule has 28 heavy (non-hydrogen) atoms. The van der Waals surface area contributed by atoms with Gasteiger partial charge in [-0.3, -0.25) is 24.2 Å². The number of hydrogen-bond donors (Lipinski definition) is 0. The molecule has 0 N–H and O–H groups in total. The van der Waals surface area contributed by atoms with Gasteiger partial charge in [0.15, 0.2) is 5.78 Å². The number of imide groups is 2. The van der Waals surface area contributed by atoms with Crippen LogP contribution in [0.3, 0.4) is 0 Å². The first-order valence-electron chi connectivity index (χ1n) is 9.41. The second kappa shape index (κ2) is 7.73. The molecule has 4 amide bonds. The van der Waals surface area contributed by atoms with Crippen molar-refractivity contribution >= 4 is 23.6 Å². The first-order chi connectivity index (χ1) is 13.3. The van der Waals surface area contributed by atoms with Crippen LogP contribution in [0.4, 0.5) is 4.79 Å². The first-order valence-corrected chi connectivity index (χ1v) is 9.41. The van der Waals surface area contributed by atoms with Gasteiger partial charge < -0.3 is 4.74 Å². The molecule has 1 radical (unpaired) electrons. The molecule has 1 fully saturated rings. The van der Waals surface area contributed by atoms with E-state index < -0.39 is 29.2 Å². The lowest BCUT2D eigenvalue weighted by atomic mass is 9.69. The number of ketones is 1. The predicted octanol–water partition coefficient (Wildman–Crippen LogP) is 2.26. The Balaban J connectivity index is 1.86. The third kappa shape index (κ3) is 3.30. The lowest BCUT2D eigenvalue weighted by molar-refractivity contribution is -0.160. The van der Waals surface area contributed by atoms with E-state index >= 15 is 0 Å². The number of allylic oxidation sites excluding steroid dienone is 5. The van der Waals surface area contributed by atoms with Crippen LogP contribution in [0.5, 0.6) is 0 Å². The fraction of sp³-hybridized carbons (Fsp3) is 0.476. The van der Waals surface area contributed by atoms with Crippen molar-refractivity contribution in [3.05, 3.63) is 42.6 Å². The third-order valence-corrected chi connectivity index (χ3v) is 5.80. The zero-order valence-electron chi connectivity index (χ0n) is 16.4. The summed E-state index contributed by atoms with van der Waals surface area (Å²) in [5, 5.41) is 0. The summed E-state index contributed by atoms with van der Waals surface area (Å²) in [6, 6.07) is -0.761. The van der Waals surface area contributed by atoms with E-state index in [-0.39, 0.29) is 18.2 Å². The summed E-state index contributed by atoms with van der Waals surface area (Å²) in [6.07, 6.45) is 13.1. The lowest BCUT2D eigenvalue weighted by Crippen LogP contribution is -2.66. The monoisotopic (exact) mass is 385 g/mol. The van der Waals surface area contributed by atoms with Gasteiger partial charge in [0.1, 0.15) is 11.2 Å². The molecule has 0 aromatic heterocycles. The smallest absolute Gasteiger partial charge is 0.333 e. The van der Waals surface area contributed by atoms with Crippen LogP contribution in [0.1, 0.15) is 26.2 Å². The number of carbonyl (C=O) groups is 4. The van der Waals surface area contributed by atoms with Crippen molar-refractivity contribution in [3.8, 4) is 0 Å². The van der Waals surface area contributed by atoms with Gasteiger partial charge in [0.05, 0.1) is 19.6 Å². The van der Waals surface area contributed by atoms with E-state index in [1.165, 1.54) is 14.2 Å². The summed E-state index contributed by atoms with van der Waals surface area (Å²) in [7, 11) is 2.86. The topological polar surface area (TPSA) is 84.0 Å². The Kier molecular flexibility index (Phi) is 5.54. The van der Waals surface area contributed by atoms with Gasteiger partial charge in [-0.1, -0.05) is 24.3 Å². The van der Waals surface area contributed by atoms with Gasteiger partial charge in [-0.05, 0) is 38.2 Å². The molecule has 7 heteroatoms. The fourth-order valence-corrected chi connectivity index (χ4v) is 3.98. The van der Waals surface area contributed by atoms with Crippen molar-refractivity contribution in [2.75, 3.05) is 20.7 Å². The molecule has 149 valence electrons. The SMILES string of the molecule is COC1=CC(C(=O)CN2C(=O)N(C)C(=O)C(C)(C3C=CCCC3)C2=O)C=C[CH]1. The molecule has 1 heterocycles. The Bertz CT molecular complexity index is 797. The summed E-state index contributed by atoms with van der Waals surface area (Å²) < 4.78 is 5.14. The maximum Gasteiger partial charge on any atom is 0.333 e. The quantitative estimate of drug-likeness (QED) is 0.535. The van der Waals surface area contributed by atoms with Crippen LogP contribution < -0.4 is 0 Å². The number of ether oxygens (including phenoxy) is 1. The lowest BCUT2D eigenvalue weighted by Gasteiger charge is -2.44. The molecule has 1 saturated heterocycles. The number of rotatable bonds is 5. The van der Waals surface area contributed by atoms with Crippen molar-refractivity contribution < 1.29 is 23.9 Å². The minimum absolute atomic E-state index is 0.293. The first kappa shape index (κ1) is 20.0. The Labute approximate surface area is 164 Å². The second-order valence-electron chi connectivity index (χ2n) is 7.52. The van der Waals surface area contributed by atoms with E-state index in [0.29, 0.717) is 12.2 Å². The van der Waals surface area contributed by atoms with Gasteiger partial charge in [-0.15, -0.1) is 0 Å². The Hall–Kier alpha value is -2.70. The largest absolute Gasteiger partial charge is 0.501 e. The predicted molar refractivity (Wildman–Crippen MR) is 101 cm³/mol. The average molecular weight is 385 g/mol. The molecule has 3 unspecified atom stereocenters. The highest BCUT2D eigenvalue weighted by Crippen LogP contribution is 2.41. The number of hydrogen-bond acceptors (Lipinski definition) is 5. The average Bonchev–Trinajstić information content (AvgIpc) is 2.74. The van der Waals surface area contributed by atoms with Crippen LogP contribution in [0, 0.1) is 23.7 Å². The van der Waals surface area contributed by atoms with Crippen molar-refractivity contribution in [2.45, 2.75) is 26.2 Å². The highest BCUT2D eigenvalue weighted by molar-refractivity contribution is 6.20.